The second-order valence-electron chi connectivity index (χ2n) is 4.52. The minimum atomic E-state index is 0.369. The first-order valence-corrected chi connectivity index (χ1v) is 5.68. The van der Waals surface area contributed by atoms with Gasteiger partial charge in [0.25, 0.3) is 0 Å². The summed E-state index contributed by atoms with van der Waals surface area (Å²) in [7, 11) is 0. The number of hydrogen-bond donors (Lipinski definition) is 2. The molecule has 82 valence electrons. The summed E-state index contributed by atoms with van der Waals surface area (Å²) in [5, 5.41) is 3.51. The Bertz CT molecular complexity index is 324. The molecule has 0 radical (unpaired) electrons. The maximum atomic E-state index is 5.95. The van der Waals surface area contributed by atoms with Crippen LogP contribution in [-0.4, -0.2) is 17.1 Å². The van der Waals surface area contributed by atoms with Crippen LogP contribution in [0.4, 0.5) is 5.69 Å². The fourth-order valence-corrected chi connectivity index (χ4v) is 2.23. The SMILES string of the molecule is Cc1cncc(NC2CCCC(N)C2)c1. The molecule has 1 aromatic heterocycles. The average Bonchev–Trinajstić information content (AvgIpc) is 2.17. The topological polar surface area (TPSA) is 50.9 Å². The van der Waals surface area contributed by atoms with Crippen LogP contribution in [0.1, 0.15) is 31.2 Å². The first kappa shape index (κ1) is 10.4. The third-order valence-electron chi connectivity index (χ3n) is 2.96. The molecule has 1 heterocycles. The molecular formula is C12H19N3. The zero-order chi connectivity index (χ0) is 10.7. The molecule has 2 unspecified atom stereocenters. The van der Waals surface area contributed by atoms with E-state index >= 15 is 0 Å². The number of aromatic nitrogens is 1. The lowest BCUT2D eigenvalue weighted by Crippen LogP contribution is -2.34. The van der Waals surface area contributed by atoms with E-state index in [2.05, 4.69) is 23.3 Å². The third kappa shape index (κ3) is 2.93. The highest BCUT2D eigenvalue weighted by atomic mass is 14.9. The van der Waals surface area contributed by atoms with Crippen LogP contribution in [0.2, 0.25) is 0 Å². The van der Waals surface area contributed by atoms with Gasteiger partial charge in [0.1, 0.15) is 0 Å². The second kappa shape index (κ2) is 4.62. The maximum absolute atomic E-state index is 5.95. The maximum Gasteiger partial charge on any atom is 0.0531 e. The zero-order valence-corrected chi connectivity index (χ0v) is 9.24. The van der Waals surface area contributed by atoms with Crippen molar-refractivity contribution in [2.75, 3.05) is 5.32 Å². The highest BCUT2D eigenvalue weighted by Crippen LogP contribution is 2.21. The second-order valence-corrected chi connectivity index (χ2v) is 4.52. The van der Waals surface area contributed by atoms with Crippen molar-refractivity contribution in [3.05, 3.63) is 24.0 Å². The van der Waals surface area contributed by atoms with E-state index in [9.17, 15) is 0 Å². The molecule has 1 aliphatic carbocycles. The monoisotopic (exact) mass is 205 g/mol. The molecule has 1 aliphatic rings. The van der Waals surface area contributed by atoms with E-state index in [-0.39, 0.29) is 0 Å². The van der Waals surface area contributed by atoms with Crippen molar-refractivity contribution in [2.24, 2.45) is 5.73 Å². The molecular weight excluding hydrogens is 186 g/mol. The molecule has 3 N–H and O–H groups in total. The van der Waals surface area contributed by atoms with Crippen LogP contribution in [0.3, 0.4) is 0 Å². The predicted octanol–water partition coefficient (Wildman–Crippen LogP) is 2.07. The molecule has 0 aliphatic heterocycles. The van der Waals surface area contributed by atoms with E-state index in [1.54, 1.807) is 0 Å². The standard InChI is InChI=1S/C12H19N3/c1-9-5-12(8-14-7-9)15-11-4-2-3-10(13)6-11/h5,7-8,10-11,15H,2-4,6,13H2,1H3. The fraction of sp³-hybridized carbons (Fsp3) is 0.583. The normalized spacial score (nSPS) is 26.3. The molecule has 0 saturated heterocycles. The number of nitrogens with two attached hydrogens (primary N) is 1. The highest BCUT2D eigenvalue weighted by molar-refractivity contribution is 5.43. The quantitative estimate of drug-likeness (QED) is 0.777. The number of anilines is 1. The van der Waals surface area contributed by atoms with Gasteiger partial charge in [0.2, 0.25) is 0 Å². The van der Waals surface area contributed by atoms with E-state index in [0.717, 1.165) is 12.1 Å². The summed E-state index contributed by atoms with van der Waals surface area (Å²) in [5.74, 6) is 0. The van der Waals surface area contributed by atoms with Crippen molar-refractivity contribution >= 4 is 5.69 Å². The summed E-state index contributed by atoms with van der Waals surface area (Å²) in [6.07, 6.45) is 8.46. The van der Waals surface area contributed by atoms with E-state index in [1.165, 1.54) is 24.8 Å². The molecule has 15 heavy (non-hydrogen) atoms. The van der Waals surface area contributed by atoms with Crippen LogP contribution in [0, 0.1) is 6.92 Å². The summed E-state index contributed by atoms with van der Waals surface area (Å²) in [5.41, 5.74) is 8.27. The molecule has 0 bridgehead atoms. The van der Waals surface area contributed by atoms with E-state index < -0.39 is 0 Å². The first-order chi connectivity index (χ1) is 7.24. The first-order valence-electron chi connectivity index (χ1n) is 5.68. The van der Waals surface area contributed by atoms with Crippen molar-refractivity contribution in [1.29, 1.82) is 0 Å². The summed E-state index contributed by atoms with van der Waals surface area (Å²) >= 11 is 0. The van der Waals surface area contributed by atoms with E-state index in [0.29, 0.717) is 12.1 Å². The van der Waals surface area contributed by atoms with Crippen molar-refractivity contribution in [3.8, 4) is 0 Å². The van der Waals surface area contributed by atoms with Gasteiger partial charge in [0.15, 0.2) is 0 Å². The summed E-state index contributed by atoms with van der Waals surface area (Å²) in [6.45, 7) is 2.06. The molecule has 1 aromatic rings. The Balaban J connectivity index is 1.96. The van der Waals surface area contributed by atoms with Gasteiger partial charge >= 0.3 is 0 Å². The average molecular weight is 205 g/mol. The van der Waals surface area contributed by atoms with Crippen LogP contribution in [0.15, 0.2) is 18.5 Å². The van der Waals surface area contributed by atoms with Crippen molar-refractivity contribution in [3.63, 3.8) is 0 Å². The Hall–Kier alpha value is -1.09. The van der Waals surface area contributed by atoms with Crippen molar-refractivity contribution in [1.82, 2.24) is 4.98 Å². The van der Waals surface area contributed by atoms with Crippen molar-refractivity contribution < 1.29 is 0 Å². The Morgan fingerprint density at radius 1 is 1.40 bits per heavy atom. The summed E-state index contributed by atoms with van der Waals surface area (Å²) in [4.78, 5) is 4.17. The molecule has 2 rings (SSSR count). The number of aryl methyl sites for hydroxylation is 1. The largest absolute Gasteiger partial charge is 0.381 e. The van der Waals surface area contributed by atoms with Gasteiger partial charge in [-0.15, -0.1) is 0 Å². The lowest BCUT2D eigenvalue weighted by Gasteiger charge is -2.28. The van der Waals surface area contributed by atoms with Gasteiger partial charge in [-0.25, -0.2) is 0 Å². The lowest BCUT2D eigenvalue weighted by molar-refractivity contribution is 0.409. The molecule has 1 fully saturated rings. The minimum absolute atomic E-state index is 0.369. The molecule has 2 atom stereocenters. The smallest absolute Gasteiger partial charge is 0.0531 e. The fourth-order valence-electron chi connectivity index (χ4n) is 2.23. The van der Waals surface area contributed by atoms with E-state index in [1.807, 2.05) is 12.4 Å². The highest BCUT2D eigenvalue weighted by Gasteiger charge is 2.18. The molecule has 3 nitrogen and oxygen atoms in total. The van der Waals surface area contributed by atoms with Crippen molar-refractivity contribution in [2.45, 2.75) is 44.7 Å². The number of nitrogens with zero attached hydrogens (tertiary/aromatic N) is 1. The number of rotatable bonds is 2. The Labute approximate surface area is 91.1 Å². The third-order valence-corrected chi connectivity index (χ3v) is 2.96. The van der Waals surface area contributed by atoms with Crippen LogP contribution < -0.4 is 11.1 Å². The number of hydrogen-bond acceptors (Lipinski definition) is 3. The van der Waals surface area contributed by atoms with Gasteiger partial charge in [-0.2, -0.15) is 0 Å². The predicted molar refractivity (Wildman–Crippen MR) is 62.8 cm³/mol. The Kier molecular flexibility index (Phi) is 3.21. The zero-order valence-electron chi connectivity index (χ0n) is 9.24. The molecule has 1 saturated carbocycles. The van der Waals surface area contributed by atoms with Crippen LogP contribution in [0.5, 0.6) is 0 Å². The van der Waals surface area contributed by atoms with Gasteiger partial charge in [-0.05, 0) is 44.2 Å². The number of nitrogens with one attached hydrogen (secondary N) is 1. The van der Waals surface area contributed by atoms with Gasteiger partial charge in [0, 0.05) is 24.5 Å². The Morgan fingerprint density at radius 3 is 3.00 bits per heavy atom. The molecule has 3 heteroatoms. The van der Waals surface area contributed by atoms with E-state index in [4.69, 9.17) is 5.73 Å². The molecule has 0 amide bonds. The molecule has 0 spiro atoms. The lowest BCUT2D eigenvalue weighted by atomic mass is 9.91. The van der Waals surface area contributed by atoms with Crippen LogP contribution >= 0.6 is 0 Å². The summed E-state index contributed by atoms with van der Waals surface area (Å²) < 4.78 is 0. The minimum Gasteiger partial charge on any atom is -0.381 e. The Morgan fingerprint density at radius 2 is 2.27 bits per heavy atom. The van der Waals surface area contributed by atoms with Crippen LogP contribution in [0.25, 0.3) is 0 Å². The van der Waals surface area contributed by atoms with Crippen LogP contribution in [-0.2, 0) is 0 Å². The van der Waals surface area contributed by atoms with Gasteiger partial charge in [-0.3, -0.25) is 4.98 Å². The van der Waals surface area contributed by atoms with Gasteiger partial charge in [-0.1, -0.05) is 0 Å². The number of pyridine rings is 1. The molecule has 0 aromatic carbocycles. The van der Waals surface area contributed by atoms with Gasteiger partial charge < -0.3 is 11.1 Å². The summed E-state index contributed by atoms with van der Waals surface area (Å²) in [6, 6.07) is 3.03. The van der Waals surface area contributed by atoms with Gasteiger partial charge in [0.05, 0.1) is 5.69 Å².